The van der Waals surface area contributed by atoms with Crippen LogP contribution in [0.5, 0.6) is 0 Å². The highest BCUT2D eigenvalue weighted by Crippen LogP contribution is 2.19. The molecule has 1 aromatic heterocycles. The maximum Gasteiger partial charge on any atom is 0.294 e. The molecule has 3 N–H and O–H groups in total. The molecule has 0 amide bonds. The summed E-state index contributed by atoms with van der Waals surface area (Å²) in [6, 6.07) is 5.60. The third-order valence-corrected chi connectivity index (χ3v) is 5.99. The Balaban J connectivity index is 2.18. The Bertz CT molecular complexity index is 1060. The molecule has 0 saturated carbocycles. The quantitative estimate of drug-likeness (QED) is 0.354. The van der Waals surface area contributed by atoms with Crippen LogP contribution in [0.2, 0.25) is 0 Å². The minimum atomic E-state index is -4.33. The van der Waals surface area contributed by atoms with E-state index in [2.05, 4.69) is 25.0 Å². The highest BCUT2D eigenvalue weighted by atomic mass is 32.2. The van der Waals surface area contributed by atoms with Crippen molar-refractivity contribution in [2.75, 3.05) is 36.6 Å². The van der Waals surface area contributed by atoms with E-state index in [1.165, 1.54) is 18.2 Å². The monoisotopic (exact) mass is 444 g/mol. The van der Waals surface area contributed by atoms with Crippen LogP contribution in [-0.2, 0) is 26.6 Å². The van der Waals surface area contributed by atoms with Crippen LogP contribution in [0.1, 0.15) is 19.2 Å². The van der Waals surface area contributed by atoms with Gasteiger partial charge in [0.15, 0.2) is 0 Å². The zero-order chi connectivity index (χ0) is 21.7. The lowest BCUT2D eigenvalue weighted by atomic mass is 10.3. The van der Waals surface area contributed by atoms with Crippen molar-refractivity contribution in [3.63, 3.8) is 0 Å². The largest absolute Gasteiger partial charge is 0.347 e. The molecule has 2 aromatic rings. The molecule has 0 spiro atoms. The first kappa shape index (κ1) is 22.9. The lowest BCUT2D eigenvalue weighted by molar-refractivity contribution is 0.483. The molecule has 0 radical (unpaired) electrons. The Hall–Kier alpha value is -2.35. The molecule has 29 heavy (non-hydrogen) atoms. The molecule has 1 heterocycles. The number of hydrogen-bond donors (Lipinski definition) is 3. The fourth-order valence-electron chi connectivity index (χ4n) is 2.21. The molecule has 0 aliphatic heterocycles. The van der Waals surface area contributed by atoms with Gasteiger partial charge in [-0.3, -0.25) is 4.55 Å². The normalized spacial score (nSPS) is 12.0. The van der Waals surface area contributed by atoms with E-state index in [1.807, 2.05) is 0 Å². The Morgan fingerprint density at radius 1 is 1.10 bits per heavy atom. The zero-order valence-electron chi connectivity index (χ0n) is 16.3. The van der Waals surface area contributed by atoms with Gasteiger partial charge in [0.2, 0.25) is 21.9 Å². The van der Waals surface area contributed by atoms with E-state index < -0.39 is 20.1 Å². The summed E-state index contributed by atoms with van der Waals surface area (Å²) in [5, 5.41) is 2.90. The number of anilines is 3. The number of rotatable bonds is 10. The van der Waals surface area contributed by atoms with Gasteiger partial charge in [0.1, 0.15) is 5.82 Å². The predicted octanol–water partition coefficient (Wildman–Crippen LogP) is 0.800. The average Bonchev–Trinajstić information content (AvgIpc) is 2.64. The minimum Gasteiger partial charge on any atom is -0.347 e. The van der Waals surface area contributed by atoms with Crippen LogP contribution in [0, 0.1) is 0 Å². The predicted molar refractivity (Wildman–Crippen MR) is 109 cm³/mol. The number of hydrogen-bond acceptors (Lipinski definition) is 9. The molecule has 0 fully saturated rings. The van der Waals surface area contributed by atoms with E-state index in [0.717, 1.165) is 0 Å². The lowest BCUT2D eigenvalue weighted by Gasteiger charge is -2.14. The van der Waals surface area contributed by atoms with Gasteiger partial charge in [0, 0.05) is 32.7 Å². The molecule has 160 valence electrons. The summed E-state index contributed by atoms with van der Waals surface area (Å²) >= 11 is 0. The number of aryl methyl sites for hydroxylation is 1. The van der Waals surface area contributed by atoms with Crippen LogP contribution in [0.4, 0.5) is 17.6 Å². The summed E-state index contributed by atoms with van der Waals surface area (Å²) in [6.07, 6.45) is 0.906. The fraction of sp³-hybridized carbons (Fsp3) is 0.438. The standard InChI is InChI=1S/C16H24N6O5S2/c1-4-28(23,24)17-10-6-9-14-19-15(21-16(20-14)22(2)3)18-12-7-5-8-13(11-12)29(25,26)27/h5,7-8,11,17H,4,6,9-10H2,1-3H3,(H,25,26,27)(H,18,19,20,21). The molecule has 13 heteroatoms. The first-order valence-corrected chi connectivity index (χ1v) is 11.8. The summed E-state index contributed by atoms with van der Waals surface area (Å²) in [5.74, 6) is 1.05. The van der Waals surface area contributed by atoms with Gasteiger partial charge < -0.3 is 10.2 Å². The summed E-state index contributed by atoms with van der Waals surface area (Å²) in [4.78, 5) is 14.3. The molecular formula is C16H24N6O5S2. The average molecular weight is 445 g/mol. The van der Waals surface area contributed by atoms with E-state index in [1.54, 1.807) is 32.0 Å². The Kier molecular flexibility index (Phi) is 7.46. The molecule has 1 aromatic carbocycles. The van der Waals surface area contributed by atoms with Gasteiger partial charge in [-0.15, -0.1) is 0 Å². The van der Waals surface area contributed by atoms with Crippen molar-refractivity contribution in [2.45, 2.75) is 24.7 Å². The van der Waals surface area contributed by atoms with Gasteiger partial charge >= 0.3 is 0 Å². The van der Waals surface area contributed by atoms with Crippen LogP contribution in [0.15, 0.2) is 29.2 Å². The second-order valence-corrected chi connectivity index (χ2v) is 9.82. The topological polar surface area (TPSA) is 154 Å². The number of benzene rings is 1. The highest BCUT2D eigenvalue weighted by molar-refractivity contribution is 7.89. The number of aromatic nitrogens is 3. The van der Waals surface area contributed by atoms with Gasteiger partial charge in [0.25, 0.3) is 10.1 Å². The second-order valence-electron chi connectivity index (χ2n) is 6.30. The van der Waals surface area contributed by atoms with Gasteiger partial charge in [-0.1, -0.05) is 6.07 Å². The van der Waals surface area contributed by atoms with Crippen molar-refractivity contribution in [1.82, 2.24) is 19.7 Å². The molecule has 0 unspecified atom stereocenters. The molecule has 0 atom stereocenters. The van der Waals surface area contributed by atoms with E-state index in [4.69, 9.17) is 0 Å². The number of nitrogens with one attached hydrogen (secondary N) is 2. The first-order valence-electron chi connectivity index (χ1n) is 8.74. The van der Waals surface area contributed by atoms with Crippen molar-refractivity contribution in [3.05, 3.63) is 30.1 Å². The van der Waals surface area contributed by atoms with E-state index in [-0.39, 0.29) is 23.1 Å². The van der Waals surface area contributed by atoms with Gasteiger partial charge in [0.05, 0.1) is 10.6 Å². The van der Waals surface area contributed by atoms with Gasteiger partial charge in [-0.25, -0.2) is 13.1 Å². The fourth-order valence-corrected chi connectivity index (χ4v) is 3.40. The first-order chi connectivity index (χ1) is 13.5. The van der Waals surface area contributed by atoms with Crippen molar-refractivity contribution >= 4 is 37.7 Å². The third-order valence-electron chi connectivity index (χ3n) is 3.74. The van der Waals surface area contributed by atoms with Crippen LogP contribution < -0.4 is 14.9 Å². The maximum absolute atomic E-state index is 11.5. The van der Waals surface area contributed by atoms with E-state index >= 15 is 0 Å². The van der Waals surface area contributed by atoms with Crippen molar-refractivity contribution < 1.29 is 21.4 Å². The summed E-state index contributed by atoms with van der Waals surface area (Å²) < 4.78 is 57.2. The summed E-state index contributed by atoms with van der Waals surface area (Å²) in [6.45, 7) is 1.82. The van der Waals surface area contributed by atoms with Gasteiger partial charge in [-0.2, -0.15) is 23.4 Å². The smallest absolute Gasteiger partial charge is 0.294 e. The molecule has 0 saturated heterocycles. The Labute approximate surface area is 170 Å². The minimum absolute atomic E-state index is 0.0141. The molecule has 2 rings (SSSR count). The molecule has 0 aliphatic rings. The molecule has 0 aliphatic carbocycles. The zero-order valence-corrected chi connectivity index (χ0v) is 18.0. The summed E-state index contributed by atoms with van der Waals surface area (Å²) in [7, 11) is -4.07. The number of sulfonamides is 1. The van der Waals surface area contributed by atoms with Crippen molar-refractivity contribution in [2.24, 2.45) is 0 Å². The maximum atomic E-state index is 11.5. The van der Waals surface area contributed by atoms with Crippen molar-refractivity contribution in [1.29, 1.82) is 0 Å². The SMILES string of the molecule is CCS(=O)(=O)NCCCc1nc(Nc2cccc(S(=O)(=O)O)c2)nc(N(C)C)n1. The van der Waals surface area contributed by atoms with Crippen molar-refractivity contribution in [3.8, 4) is 0 Å². The van der Waals surface area contributed by atoms with Gasteiger partial charge in [-0.05, 0) is 31.5 Å². The van der Waals surface area contributed by atoms with Crippen LogP contribution in [-0.4, -0.2) is 62.7 Å². The lowest BCUT2D eigenvalue weighted by Crippen LogP contribution is -2.26. The summed E-state index contributed by atoms with van der Waals surface area (Å²) in [5.41, 5.74) is 0.373. The molecular weight excluding hydrogens is 420 g/mol. The van der Waals surface area contributed by atoms with Crippen LogP contribution in [0.25, 0.3) is 0 Å². The van der Waals surface area contributed by atoms with Crippen LogP contribution in [0.3, 0.4) is 0 Å². The molecule has 0 bridgehead atoms. The number of nitrogens with zero attached hydrogens (tertiary/aromatic N) is 4. The molecule has 11 nitrogen and oxygen atoms in total. The Morgan fingerprint density at radius 3 is 2.45 bits per heavy atom. The highest BCUT2D eigenvalue weighted by Gasteiger charge is 2.12. The van der Waals surface area contributed by atoms with E-state index in [0.29, 0.717) is 30.3 Å². The van der Waals surface area contributed by atoms with Crippen LogP contribution >= 0.6 is 0 Å². The third kappa shape index (κ3) is 7.20. The second kappa shape index (κ2) is 9.43. The van der Waals surface area contributed by atoms with E-state index in [9.17, 15) is 21.4 Å². The Morgan fingerprint density at radius 2 is 1.83 bits per heavy atom.